The lowest BCUT2D eigenvalue weighted by Gasteiger charge is -2.14. The van der Waals surface area contributed by atoms with Crippen LogP contribution in [-0.4, -0.2) is 14.3 Å². The Balaban J connectivity index is 1.92. The van der Waals surface area contributed by atoms with Crippen molar-refractivity contribution in [2.24, 2.45) is 0 Å². The Morgan fingerprint density at radius 1 is 0.800 bits per heavy atom. The fourth-order valence-electron chi connectivity index (χ4n) is 3.04. The smallest absolute Gasteiger partial charge is 0.263 e. The van der Waals surface area contributed by atoms with Crippen LogP contribution >= 0.6 is 11.6 Å². The van der Waals surface area contributed by atoms with E-state index in [2.05, 4.69) is 10.0 Å². The third kappa shape index (κ3) is 4.83. The van der Waals surface area contributed by atoms with Gasteiger partial charge in [0.2, 0.25) is 0 Å². The minimum Gasteiger partial charge on any atom is -0.322 e. The SMILES string of the molecule is Cc1ccc(NS(=O)(=O)c2cc(C(=O)Nc3cc(C)ccc3C)ccc2Cl)c(C)c1. The van der Waals surface area contributed by atoms with Gasteiger partial charge in [-0.15, -0.1) is 0 Å². The van der Waals surface area contributed by atoms with Gasteiger partial charge in [0.1, 0.15) is 4.90 Å². The van der Waals surface area contributed by atoms with Crippen molar-refractivity contribution in [3.05, 3.63) is 87.4 Å². The van der Waals surface area contributed by atoms with Crippen molar-refractivity contribution < 1.29 is 13.2 Å². The summed E-state index contributed by atoms with van der Waals surface area (Å²) < 4.78 is 28.5. The molecule has 5 nitrogen and oxygen atoms in total. The van der Waals surface area contributed by atoms with Gasteiger partial charge >= 0.3 is 0 Å². The maximum atomic E-state index is 13.0. The van der Waals surface area contributed by atoms with Crippen LogP contribution in [0.3, 0.4) is 0 Å². The minimum atomic E-state index is -3.99. The second kappa shape index (κ2) is 8.50. The Morgan fingerprint density at radius 2 is 1.47 bits per heavy atom. The van der Waals surface area contributed by atoms with Crippen LogP contribution in [0.2, 0.25) is 5.02 Å². The van der Waals surface area contributed by atoms with Crippen molar-refractivity contribution in [3.63, 3.8) is 0 Å². The molecular weight excluding hydrogens is 420 g/mol. The molecule has 0 saturated carbocycles. The first kappa shape index (κ1) is 21.9. The predicted octanol–water partition coefficient (Wildman–Crippen LogP) is 5.63. The van der Waals surface area contributed by atoms with Crippen molar-refractivity contribution in [1.82, 2.24) is 0 Å². The lowest BCUT2D eigenvalue weighted by molar-refractivity contribution is 0.102. The topological polar surface area (TPSA) is 75.3 Å². The number of amides is 1. The van der Waals surface area contributed by atoms with E-state index in [1.54, 1.807) is 6.07 Å². The molecule has 0 spiro atoms. The number of rotatable bonds is 5. The second-order valence-corrected chi connectivity index (χ2v) is 9.40. The largest absolute Gasteiger partial charge is 0.322 e. The number of hydrogen-bond acceptors (Lipinski definition) is 3. The van der Waals surface area contributed by atoms with Crippen LogP contribution in [0.15, 0.2) is 59.5 Å². The summed E-state index contributed by atoms with van der Waals surface area (Å²) in [6.45, 7) is 7.57. The molecule has 0 radical (unpaired) electrons. The average Bonchev–Trinajstić information content (AvgIpc) is 2.67. The number of sulfonamides is 1. The van der Waals surface area contributed by atoms with E-state index in [0.717, 1.165) is 22.3 Å². The first-order valence-electron chi connectivity index (χ1n) is 9.35. The van der Waals surface area contributed by atoms with E-state index in [1.807, 2.05) is 58.0 Å². The monoisotopic (exact) mass is 442 g/mol. The number of benzene rings is 3. The normalized spacial score (nSPS) is 11.2. The molecule has 3 aromatic rings. The number of carbonyl (C=O) groups excluding carboxylic acids is 1. The van der Waals surface area contributed by atoms with Gasteiger partial charge in [-0.2, -0.15) is 0 Å². The standard InChI is InChI=1S/C23H23ClN2O3S/c1-14-6-10-20(17(4)11-14)26-30(28,29)22-13-18(8-9-19(22)24)23(27)25-21-12-15(2)5-7-16(21)3/h5-13,26H,1-4H3,(H,25,27). The molecule has 0 atom stereocenters. The summed E-state index contributed by atoms with van der Waals surface area (Å²) in [6, 6.07) is 15.3. The van der Waals surface area contributed by atoms with Crippen LogP contribution in [0.5, 0.6) is 0 Å². The number of carbonyl (C=O) groups is 1. The second-order valence-electron chi connectivity index (χ2n) is 7.34. The summed E-state index contributed by atoms with van der Waals surface area (Å²) in [4.78, 5) is 12.6. The van der Waals surface area contributed by atoms with Crippen LogP contribution in [0, 0.1) is 27.7 Å². The molecule has 7 heteroatoms. The van der Waals surface area contributed by atoms with Crippen LogP contribution in [0.1, 0.15) is 32.6 Å². The molecule has 3 rings (SSSR count). The Kier molecular flexibility index (Phi) is 6.19. The van der Waals surface area contributed by atoms with Crippen LogP contribution in [0.25, 0.3) is 0 Å². The summed E-state index contributed by atoms with van der Waals surface area (Å²) >= 11 is 6.17. The fourth-order valence-corrected chi connectivity index (χ4v) is 4.70. The van der Waals surface area contributed by atoms with E-state index in [0.29, 0.717) is 11.4 Å². The first-order valence-corrected chi connectivity index (χ1v) is 11.2. The van der Waals surface area contributed by atoms with Gasteiger partial charge in [-0.1, -0.05) is 41.4 Å². The number of hydrogen-bond donors (Lipinski definition) is 2. The van der Waals surface area contributed by atoms with E-state index in [-0.39, 0.29) is 15.5 Å². The highest BCUT2D eigenvalue weighted by Gasteiger charge is 2.21. The number of halogens is 1. The Morgan fingerprint density at radius 3 is 2.17 bits per heavy atom. The van der Waals surface area contributed by atoms with Crippen LogP contribution in [0.4, 0.5) is 11.4 Å². The van der Waals surface area contributed by atoms with Gasteiger partial charge in [-0.3, -0.25) is 9.52 Å². The molecule has 0 saturated heterocycles. The molecule has 1 amide bonds. The fraction of sp³-hybridized carbons (Fsp3) is 0.174. The third-order valence-corrected chi connectivity index (χ3v) is 6.60. The van der Waals surface area contributed by atoms with Gasteiger partial charge in [-0.05, 0) is 74.7 Å². The Bertz CT molecular complexity index is 1240. The molecule has 0 unspecified atom stereocenters. The molecule has 0 aliphatic heterocycles. The Hall–Kier alpha value is -2.83. The zero-order chi connectivity index (χ0) is 22.1. The molecule has 30 heavy (non-hydrogen) atoms. The molecule has 0 aromatic heterocycles. The zero-order valence-electron chi connectivity index (χ0n) is 17.2. The number of nitrogens with one attached hydrogen (secondary N) is 2. The summed E-state index contributed by atoms with van der Waals surface area (Å²) in [5, 5.41) is 2.87. The van der Waals surface area contributed by atoms with Crippen molar-refractivity contribution in [2.45, 2.75) is 32.6 Å². The molecule has 0 bridgehead atoms. The third-order valence-electron chi connectivity index (χ3n) is 4.75. The van der Waals surface area contributed by atoms with Crippen LogP contribution < -0.4 is 10.0 Å². The average molecular weight is 443 g/mol. The van der Waals surface area contributed by atoms with Gasteiger partial charge in [0.15, 0.2) is 0 Å². The molecular formula is C23H23ClN2O3S. The van der Waals surface area contributed by atoms with Gasteiger partial charge in [-0.25, -0.2) is 8.42 Å². The van der Waals surface area contributed by atoms with Crippen molar-refractivity contribution in [1.29, 1.82) is 0 Å². The molecule has 3 aromatic carbocycles. The Labute approximate surface area is 182 Å². The number of anilines is 2. The summed E-state index contributed by atoms with van der Waals surface area (Å²) in [5.74, 6) is -0.414. The molecule has 0 fully saturated rings. The van der Waals surface area contributed by atoms with Crippen molar-refractivity contribution in [3.8, 4) is 0 Å². The highest BCUT2D eigenvalue weighted by atomic mass is 35.5. The summed E-state index contributed by atoms with van der Waals surface area (Å²) in [7, 11) is -3.99. The highest BCUT2D eigenvalue weighted by Crippen LogP contribution is 2.27. The maximum absolute atomic E-state index is 13.0. The van der Waals surface area contributed by atoms with E-state index in [9.17, 15) is 13.2 Å². The lowest BCUT2D eigenvalue weighted by Crippen LogP contribution is -2.17. The lowest BCUT2D eigenvalue weighted by atomic mass is 10.1. The highest BCUT2D eigenvalue weighted by molar-refractivity contribution is 7.92. The van der Waals surface area contributed by atoms with E-state index >= 15 is 0 Å². The number of aryl methyl sites for hydroxylation is 4. The zero-order valence-corrected chi connectivity index (χ0v) is 18.8. The minimum absolute atomic E-state index is 0.0375. The summed E-state index contributed by atoms with van der Waals surface area (Å²) in [5.41, 5.74) is 5.06. The first-order chi connectivity index (χ1) is 14.1. The molecule has 0 aliphatic rings. The molecule has 0 aliphatic carbocycles. The van der Waals surface area contributed by atoms with E-state index < -0.39 is 15.9 Å². The predicted molar refractivity (Wildman–Crippen MR) is 122 cm³/mol. The molecule has 156 valence electrons. The molecule has 0 heterocycles. The van der Waals surface area contributed by atoms with E-state index in [4.69, 9.17) is 11.6 Å². The van der Waals surface area contributed by atoms with Gasteiger partial charge in [0.05, 0.1) is 10.7 Å². The van der Waals surface area contributed by atoms with Crippen molar-refractivity contribution >= 4 is 38.9 Å². The molecule has 2 N–H and O–H groups in total. The van der Waals surface area contributed by atoms with Gasteiger partial charge in [0, 0.05) is 11.3 Å². The van der Waals surface area contributed by atoms with E-state index in [1.165, 1.54) is 18.2 Å². The van der Waals surface area contributed by atoms with Gasteiger partial charge < -0.3 is 5.32 Å². The quantitative estimate of drug-likeness (QED) is 0.537. The van der Waals surface area contributed by atoms with Crippen molar-refractivity contribution in [2.75, 3.05) is 10.0 Å². The maximum Gasteiger partial charge on any atom is 0.263 e. The summed E-state index contributed by atoms with van der Waals surface area (Å²) in [6.07, 6.45) is 0. The van der Waals surface area contributed by atoms with Gasteiger partial charge in [0.25, 0.3) is 15.9 Å². The van der Waals surface area contributed by atoms with Crippen LogP contribution in [-0.2, 0) is 10.0 Å².